The Labute approximate surface area is 226 Å². The Kier molecular flexibility index (Phi) is 10.4. The summed E-state index contributed by atoms with van der Waals surface area (Å²) in [6.07, 6.45) is 8.05. The van der Waals surface area contributed by atoms with E-state index in [2.05, 4.69) is 119 Å². The van der Waals surface area contributed by atoms with Gasteiger partial charge in [0, 0.05) is 30.7 Å². The molecular formula is C33H46N2OP+. The summed E-state index contributed by atoms with van der Waals surface area (Å²) in [5.41, 5.74) is 9.06. The van der Waals surface area contributed by atoms with Crippen LogP contribution in [0.25, 0.3) is 0 Å². The first kappa shape index (κ1) is 28.9. The van der Waals surface area contributed by atoms with Crippen LogP contribution in [-0.2, 0) is 4.79 Å². The second-order valence-corrected chi connectivity index (χ2v) is 15.5. The van der Waals surface area contributed by atoms with Gasteiger partial charge in [0.05, 0.1) is 30.3 Å². The molecule has 37 heavy (non-hydrogen) atoms. The topological polar surface area (TPSA) is 32.3 Å². The number of hydrogen-bond donors (Lipinski definition) is 1. The molecule has 0 bridgehead atoms. The van der Waals surface area contributed by atoms with Gasteiger partial charge in [0.1, 0.15) is 0 Å². The number of nitrogens with one attached hydrogen (secondary N) is 1. The average Bonchev–Trinajstić information content (AvgIpc) is 2.88. The molecule has 3 nitrogen and oxygen atoms in total. The zero-order valence-corrected chi connectivity index (χ0v) is 24.9. The molecule has 0 atom stereocenters. The number of carbonyl (C=O) groups excluding carboxylic acids is 1. The molecule has 1 amide bonds. The van der Waals surface area contributed by atoms with Gasteiger partial charge < -0.3 is 10.2 Å². The van der Waals surface area contributed by atoms with E-state index in [1.165, 1.54) is 35.8 Å². The Morgan fingerprint density at radius 2 is 1.19 bits per heavy atom. The van der Waals surface area contributed by atoms with Gasteiger partial charge in [-0.1, -0.05) is 35.4 Å². The first-order valence-corrected chi connectivity index (χ1v) is 16.4. The summed E-state index contributed by atoms with van der Waals surface area (Å²) in [5.74, 6) is 0.119. The highest BCUT2D eigenvalue weighted by Crippen LogP contribution is 2.58. The van der Waals surface area contributed by atoms with E-state index in [0.717, 1.165) is 46.7 Å². The van der Waals surface area contributed by atoms with Crippen LogP contribution >= 0.6 is 7.26 Å². The lowest BCUT2D eigenvalue weighted by atomic mass is 10.0. The van der Waals surface area contributed by atoms with Gasteiger partial charge in [-0.3, -0.25) is 4.79 Å². The van der Waals surface area contributed by atoms with Crippen LogP contribution < -0.4 is 10.2 Å². The smallest absolute Gasteiger partial charge is 0.224 e. The molecule has 3 aromatic rings. The van der Waals surface area contributed by atoms with Crippen LogP contribution in [0.1, 0.15) is 62.3 Å². The van der Waals surface area contributed by atoms with Gasteiger partial charge in [0.25, 0.3) is 0 Å². The summed E-state index contributed by atoms with van der Waals surface area (Å²) >= 11 is 0. The van der Waals surface area contributed by atoms with Crippen LogP contribution in [-0.4, -0.2) is 30.6 Å². The zero-order chi connectivity index (χ0) is 27.0. The van der Waals surface area contributed by atoms with Crippen molar-refractivity contribution in [3.63, 3.8) is 0 Å². The number of unbranched alkanes of at least 4 members (excludes halogenated alkanes) is 1. The Balaban J connectivity index is 1.77. The molecule has 0 aliphatic heterocycles. The van der Waals surface area contributed by atoms with Gasteiger partial charge in [0.15, 0.2) is 0 Å². The fourth-order valence-corrected chi connectivity index (χ4v) is 8.46. The van der Waals surface area contributed by atoms with Crippen LogP contribution in [0, 0.1) is 27.7 Å². The number of nitrogens with zero attached hydrogens (tertiary/aromatic N) is 1. The monoisotopic (exact) mass is 517 g/mol. The Hall–Kier alpha value is -2.64. The molecule has 4 heteroatoms. The molecule has 0 unspecified atom stereocenters. The van der Waals surface area contributed by atoms with Crippen molar-refractivity contribution < 1.29 is 4.79 Å². The van der Waals surface area contributed by atoms with Crippen molar-refractivity contribution in [3.8, 4) is 0 Å². The minimum Gasteiger partial charge on any atom is -0.326 e. The van der Waals surface area contributed by atoms with Crippen molar-refractivity contribution >= 4 is 35.9 Å². The standard InChI is InChI=1S/C33H45N2OP/c1-8-37(9-2,10-3)22-12-11-13-32(36)34-29-23-27(6)33(28(7)24-29)35(30-18-14-25(4)15-19-30)31-20-16-26(5)17-21-31/h14-21,23-24H,8-13,22H2,1-7H3/p+1. The second-order valence-electron chi connectivity index (χ2n) is 10.5. The molecule has 0 spiro atoms. The third-order valence-electron chi connectivity index (χ3n) is 7.88. The third kappa shape index (κ3) is 7.45. The molecule has 0 heterocycles. The molecule has 1 N–H and O–H groups in total. The van der Waals surface area contributed by atoms with Crippen LogP contribution in [0.4, 0.5) is 22.7 Å². The first-order valence-electron chi connectivity index (χ1n) is 13.9. The van der Waals surface area contributed by atoms with E-state index in [1.807, 2.05) is 0 Å². The van der Waals surface area contributed by atoms with Crippen molar-refractivity contribution in [2.24, 2.45) is 0 Å². The predicted molar refractivity (Wildman–Crippen MR) is 166 cm³/mol. The van der Waals surface area contributed by atoms with E-state index < -0.39 is 7.26 Å². The van der Waals surface area contributed by atoms with E-state index in [-0.39, 0.29) is 5.91 Å². The zero-order valence-electron chi connectivity index (χ0n) is 24.0. The van der Waals surface area contributed by atoms with Crippen molar-refractivity contribution in [3.05, 3.63) is 82.9 Å². The van der Waals surface area contributed by atoms with Crippen molar-refractivity contribution in [2.75, 3.05) is 34.9 Å². The molecule has 0 saturated carbocycles. The predicted octanol–water partition coefficient (Wildman–Crippen LogP) is 9.58. The summed E-state index contributed by atoms with van der Waals surface area (Å²) in [6.45, 7) is 15.5. The van der Waals surface area contributed by atoms with Crippen molar-refractivity contribution in [1.29, 1.82) is 0 Å². The molecule has 0 aliphatic carbocycles. The van der Waals surface area contributed by atoms with Crippen LogP contribution in [0.15, 0.2) is 60.7 Å². The minimum atomic E-state index is -0.786. The van der Waals surface area contributed by atoms with E-state index in [4.69, 9.17) is 0 Å². The van der Waals surface area contributed by atoms with E-state index in [0.29, 0.717) is 6.42 Å². The quantitative estimate of drug-likeness (QED) is 0.192. The summed E-state index contributed by atoms with van der Waals surface area (Å²) in [4.78, 5) is 15.1. The number of carbonyl (C=O) groups is 1. The number of rotatable bonds is 12. The lowest BCUT2D eigenvalue weighted by Crippen LogP contribution is -2.15. The number of aryl methyl sites for hydroxylation is 4. The SMILES string of the molecule is CC[P+](CC)(CC)CCCCC(=O)Nc1cc(C)c(N(c2ccc(C)cc2)c2ccc(C)cc2)c(C)c1. The fraction of sp³-hybridized carbons (Fsp3) is 0.424. The molecule has 0 radical (unpaired) electrons. The van der Waals surface area contributed by atoms with Crippen molar-refractivity contribution in [2.45, 2.75) is 67.7 Å². The second kappa shape index (κ2) is 13.2. The Bertz CT molecular complexity index is 1090. The van der Waals surface area contributed by atoms with Gasteiger partial charge >= 0.3 is 0 Å². The van der Waals surface area contributed by atoms with E-state index in [1.54, 1.807) is 0 Å². The molecule has 3 rings (SSSR count). The van der Waals surface area contributed by atoms with Gasteiger partial charge in [-0.25, -0.2) is 0 Å². The third-order valence-corrected chi connectivity index (χ3v) is 13.2. The lowest BCUT2D eigenvalue weighted by molar-refractivity contribution is -0.116. The molecule has 0 fully saturated rings. The van der Waals surface area contributed by atoms with E-state index >= 15 is 0 Å². The molecule has 3 aromatic carbocycles. The molecular weight excluding hydrogens is 471 g/mol. The van der Waals surface area contributed by atoms with Crippen LogP contribution in [0.3, 0.4) is 0 Å². The molecule has 0 aliphatic rings. The summed E-state index contributed by atoms with van der Waals surface area (Å²) < 4.78 is 0. The normalized spacial score (nSPS) is 11.4. The Morgan fingerprint density at radius 1 is 0.730 bits per heavy atom. The maximum Gasteiger partial charge on any atom is 0.224 e. The highest BCUT2D eigenvalue weighted by molar-refractivity contribution is 7.75. The average molecular weight is 518 g/mol. The minimum absolute atomic E-state index is 0.119. The Morgan fingerprint density at radius 3 is 1.62 bits per heavy atom. The van der Waals surface area contributed by atoms with Gasteiger partial charge in [-0.15, -0.1) is 0 Å². The number of benzene rings is 3. The number of anilines is 4. The largest absolute Gasteiger partial charge is 0.326 e. The van der Waals surface area contributed by atoms with Gasteiger partial charge in [-0.05, 0) is 109 Å². The molecule has 0 saturated heterocycles. The summed E-state index contributed by atoms with van der Waals surface area (Å²) in [6, 6.07) is 21.5. The highest BCUT2D eigenvalue weighted by atomic mass is 31.2. The summed E-state index contributed by atoms with van der Waals surface area (Å²) in [5, 5.41) is 3.18. The highest BCUT2D eigenvalue weighted by Gasteiger charge is 2.30. The molecule has 0 aromatic heterocycles. The number of amides is 1. The first-order chi connectivity index (χ1) is 17.7. The summed E-state index contributed by atoms with van der Waals surface area (Å²) in [7, 11) is -0.786. The number of hydrogen-bond acceptors (Lipinski definition) is 2. The van der Waals surface area contributed by atoms with Crippen LogP contribution in [0.2, 0.25) is 0 Å². The van der Waals surface area contributed by atoms with Crippen molar-refractivity contribution in [1.82, 2.24) is 0 Å². The van der Waals surface area contributed by atoms with Gasteiger partial charge in [0.2, 0.25) is 5.91 Å². The lowest BCUT2D eigenvalue weighted by Gasteiger charge is -2.29. The fourth-order valence-electron chi connectivity index (χ4n) is 5.28. The van der Waals surface area contributed by atoms with E-state index in [9.17, 15) is 4.79 Å². The molecule has 198 valence electrons. The maximum absolute atomic E-state index is 12.8. The van der Waals surface area contributed by atoms with Gasteiger partial charge in [-0.2, -0.15) is 0 Å². The maximum atomic E-state index is 12.8. The van der Waals surface area contributed by atoms with Crippen LogP contribution in [0.5, 0.6) is 0 Å².